The van der Waals surface area contributed by atoms with Gasteiger partial charge in [0.15, 0.2) is 0 Å². The molecule has 3 aromatic rings. The molecule has 1 amide bonds. The van der Waals surface area contributed by atoms with Crippen molar-refractivity contribution in [2.75, 3.05) is 13.6 Å². The topological polar surface area (TPSA) is 97.2 Å². The van der Waals surface area contributed by atoms with Gasteiger partial charge in [0.25, 0.3) is 0 Å². The van der Waals surface area contributed by atoms with E-state index in [9.17, 15) is 10.1 Å². The van der Waals surface area contributed by atoms with Gasteiger partial charge in [-0.1, -0.05) is 24.6 Å². The summed E-state index contributed by atoms with van der Waals surface area (Å²) in [4.78, 5) is 18.8. The van der Waals surface area contributed by atoms with E-state index in [-0.39, 0.29) is 17.9 Å². The zero-order chi connectivity index (χ0) is 23.4. The number of amides is 1. The Kier molecular flexibility index (Phi) is 6.76. The van der Waals surface area contributed by atoms with Crippen LogP contribution in [0.1, 0.15) is 53.6 Å². The van der Waals surface area contributed by atoms with Gasteiger partial charge in [0.1, 0.15) is 17.6 Å². The molecule has 2 atom stereocenters. The third-order valence-electron chi connectivity index (χ3n) is 6.25. The SMILES string of the molecule is CN1CCCCC(c2cccc(Oc3cc(CC(N)c4cncn4C)ccc3C#N)c2)C1=O. The number of likely N-dealkylation sites (N-methyl/N-ethyl adjacent to an activating group) is 1. The number of carbonyl (C=O) groups is 1. The van der Waals surface area contributed by atoms with E-state index in [2.05, 4.69) is 11.1 Å². The van der Waals surface area contributed by atoms with Crippen molar-refractivity contribution in [3.8, 4) is 17.6 Å². The van der Waals surface area contributed by atoms with Gasteiger partial charge in [-0.15, -0.1) is 0 Å². The van der Waals surface area contributed by atoms with Gasteiger partial charge < -0.3 is 19.9 Å². The monoisotopic (exact) mass is 443 g/mol. The molecule has 0 radical (unpaired) electrons. The molecule has 0 saturated carbocycles. The minimum atomic E-state index is -0.222. The summed E-state index contributed by atoms with van der Waals surface area (Å²) < 4.78 is 8.06. The molecule has 7 nitrogen and oxygen atoms in total. The zero-order valence-corrected chi connectivity index (χ0v) is 19.1. The number of likely N-dealkylation sites (tertiary alicyclic amines) is 1. The first-order valence-electron chi connectivity index (χ1n) is 11.2. The molecule has 1 aromatic heterocycles. The molecule has 170 valence electrons. The summed E-state index contributed by atoms with van der Waals surface area (Å²) in [5.74, 6) is 1.07. The van der Waals surface area contributed by atoms with E-state index >= 15 is 0 Å². The van der Waals surface area contributed by atoms with Gasteiger partial charge in [-0.05, 0) is 54.7 Å². The van der Waals surface area contributed by atoms with E-state index in [0.717, 1.165) is 42.6 Å². The van der Waals surface area contributed by atoms with Crippen molar-refractivity contribution >= 4 is 5.91 Å². The quantitative estimate of drug-likeness (QED) is 0.620. The Morgan fingerprint density at radius 3 is 2.85 bits per heavy atom. The Morgan fingerprint density at radius 2 is 2.09 bits per heavy atom. The van der Waals surface area contributed by atoms with Crippen LogP contribution in [-0.2, 0) is 18.3 Å². The maximum Gasteiger partial charge on any atom is 0.229 e. The van der Waals surface area contributed by atoms with E-state index in [1.54, 1.807) is 18.6 Å². The van der Waals surface area contributed by atoms with E-state index in [1.165, 1.54) is 0 Å². The first-order valence-corrected chi connectivity index (χ1v) is 11.2. The second-order valence-corrected chi connectivity index (χ2v) is 8.67. The Morgan fingerprint density at radius 1 is 1.24 bits per heavy atom. The lowest BCUT2D eigenvalue weighted by Gasteiger charge is -2.20. The first kappa shape index (κ1) is 22.6. The third-order valence-corrected chi connectivity index (χ3v) is 6.25. The maximum atomic E-state index is 12.8. The number of nitriles is 1. The summed E-state index contributed by atoms with van der Waals surface area (Å²) in [5, 5.41) is 9.59. The number of hydrogen-bond acceptors (Lipinski definition) is 5. The van der Waals surface area contributed by atoms with Gasteiger partial charge in [-0.2, -0.15) is 5.26 Å². The standard InChI is InChI=1S/C26H29N5O2/c1-30-11-4-3-8-22(26(30)32)19-6-5-7-21(14-19)33-25-13-18(9-10-20(25)15-27)12-23(28)24-16-29-17-31(24)2/h5-7,9-10,13-14,16-17,22-23H,3-4,8,11-12,28H2,1-2H3. The van der Waals surface area contributed by atoms with Crippen LogP contribution in [0.25, 0.3) is 0 Å². The van der Waals surface area contributed by atoms with E-state index < -0.39 is 0 Å². The predicted octanol–water partition coefficient (Wildman–Crippen LogP) is 4.05. The lowest BCUT2D eigenvalue weighted by Crippen LogP contribution is -2.30. The van der Waals surface area contributed by atoms with Crippen molar-refractivity contribution in [2.24, 2.45) is 12.8 Å². The zero-order valence-electron chi connectivity index (χ0n) is 19.1. The first-order chi connectivity index (χ1) is 16.0. The van der Waals surface area contributed by atoms with Crippen LogP contribution in [0.3, 0.4) is 0 Å². The second kappa shape index (κ2) is 9.88. The average molecular weight is 444 g/mol. The fourth-order valence-electron chi connectivity index (χ4n) is 4.38. The molecule has 2 unspecified atom stereocenters. The van der Waals surface area contributed by atoms with E-state index in [0.29, 0.717) is 23.5 Å². The van der Waals surface area contributed by atoms with Crippen LogP contribution >= 0.6 is 0 Å². The van der Waals surface area contributed by atoms with Crippen molar-refractivity contribution < 1.29 is 9.53 Å². The highest BCUT2D eigenvalue weighted by Crippen LogP contribution is 2.32. The molecular formula is C26H29N5O2. The number of ether oxygens (including phenoxy) is 1. The minimum Gasteiger partial charge on any atom is -0.456 e. The second-order valence-electron chi connectivity index (χ2n) is 8.67. The average Bonchev–Trinajstić information content (AvgIpc) is 3.17. The third kappa shape index (κ3) is 5.07. The van der Waals surface area contributed by atoms with Crippen LogP contribution < -0.4 is 10.5 Å². The molecule has 0 spiro atoms. The summed E-state index contributed by atoms with van der Waals surface area (Å²) in [5.41, 5.74) is 9.68. The normalized spacial score (nSPS) is 17.3. The molecule has 2 N–H and O–H groups in total. The van der Waals surface area contributed by atoms with Crippen LogP contribution in [0.15, 0.2) is 55.0 Å². The number of carbonyl (C=O) groups excluding carboxylic acids is 1. The molecule has 1 aliphatic heterocycles. The summed E-state index contributed by atoms with van der Waals surface area (Å²) in [7, 11) is 3.78. The van der Waals surface area contributed by atoms with Crippen LogP contribution in [-0.4, -0.2) is 34.0 Å². The summed E-state index contributed by atoms with van der Waals surface area (Å²) in [6, 6.07) is 15.1. The van der Waals surface area contributed by atoms with Crippen molar-refractivity contribution in [3.05, 3.63) is 77.4 Å². The molecular weight excluding hydrogens is 414 g/mol. The largest absolute Gasteiger partial charge is 0.456 e. The number of imidazole rings is 1. The van der Waals surface area contributed by atoms with E-state index in [4.69, 9.17) is 10.5 Å². The molecule has 0 bridgehead atoms. The van der Waals surface area contributed by atoms with Gasteiger partial charge in [0.2, 0.25) is 5.91 Å². The van der Waals surface area contributed by atoms with Crippen molar-refractivity contribution in [2.45, 2.75) is 37.6 Å². The number of aromatic nitrogens is 2. The number of nitrogens with two attached hydrogens (primary N) is 1. The highest BCUT2D eigenvalue weighted by Gasteiger charge is 2.26. The maximum absolute atomic E-state index is 12.8. The number of nitrogens with zero attached hydrogens (tertiary/aromatic N) is 4. The van der Waals surface area contributed by atoms with Crippen LogP contribution in [0, 0.1) is 11.3 Å². The highest BCUT2D eigenvalue weighted by molar-refractivity contribution is 5.83. The number of hydrogen-bond donors (Lipinski definition) is 1. The minimum absolute atomic E-state index is 0.147. The van der Waals surface area contributed by atoms with Gasteiger partial charge in [-0.3, -0.25) is 4.79 Å². The summed E-state index contributed by atoms with van der Waals surface area (Å²) >= 11 is 0. The van der Waals surface area contributed by atoms with Gasteiger partial charge >= 0.3 is 0 Å². The van der Waals surface area contributed by atoms with Crippen molar-refractivity contribution in [1.82, 2.24) is 14.5 Å². The lowest BCUT2D eigenvalue weighted by atomic mass is 9.93. The Hall–Kier alpha value is -3.63. The molecule has 1 saturated heterocycles. The molecule has 2 aromatic carbocycles. The number of rotatable bonds is 6. The number of aryl methyl sites for hydroxylation is 1. The predicted molar refractivity (Wildman–Crippen MR) is 126 cm³/mol. The van der Waals surface area contributed by atoms with Gasteiger partial charge in [0.05, 0.1) is 29.5 Å². The molecule has 1 aliphatic rings. The molecule has 0 aliphatic carbocycles. The lowest BCUT2D eigenvalue weighted by molar-refractivity contribution is -0.130. The molecule has 4 rings (SSSR count). The Balaban J connectivity index is 1.56. The van der Waals surface area contributed by atoms with Gasteiger partial charge in [-0.25, -0.2) is 4.98 Å². The van der Waals surface area contributed by atoms with Crippen molar-refractivity contribution in [1.29, 1.82) is 5.26 Å². The van der Waals surface area contributed by atoms with Gasteiger partial charge in [0, 0.05) is 26.8 Å². The molecule has 33 heavy (non-hydrogen) atoms. The van der Waals surface area contributed by atoms with Crippen LogP contribution in [0.2, 0.25) is 0 Å². The molecule has 7 heteroatoms. The number of benzene rings is 2. The van der Waals surface area contributed by atoms with Crippen LogP contribution in [0.5, 0.6) is 11.5 Å². The Bertz CT molecular complexity index is 1180. The van der Waals surface area contributed by atoms with E-state index in [1.807, 2.05) is 60.0 Å². The summed E-state index contributed by atoms with van der Waals surface area (Å²) in [6.07, 6.45) is 6.95. The molecule has 2 heterocycles. The smallest absolute Gasteiger partial charge is 0.229 e. The van der Waals surface area contributed by atoms with Crippen molar-refractivity contribution in [3.63, 3.8) is 0 Å². The van der Waals surface area contributed by atoms with Crippen LogP contribution in [0.4, 0.5) is 0 Å². The fraction of sp³-hybridized carbons (Fsp3) is 0.346. The molecule has 1 fully saturated rings. The summed E-state index contributed by atoms with van der Waals surface area (Å²) in [6.45, 7) is 0.796. The highest BCUT2D eigenvalue weighted by atomic mass is 16.5. The Labute approximate surface area is 194 Å². The fourth-order valence-corrected chi connectivity index (χ4v) is 4.38.